The first-order chi connectivity index (χ1) is 6.45. The minimum atomic E-state index is 0.811. The summed E-state index contributed by atoms with van der Waals surface area (Å²) in [5.41, 5.74) is 1.62. The topological polar surface area (TPSA) is 38.9 Å². The van der Waals surface area contributed by atoms with Crippen LogP contribution in [0.15, 0.2) is 41.3 Å². The minimum absolute atomic E-state index is 0.811. The van der Waals surface area contributed by atoms with Gasteiger partial charge in [-0.25, -0.2) is 0 Å². The molecule has 0 aliphatic rings. The monoisotopic (exact) mass is 170 g/mol. The third-order valence-electron chi connectivity index (χ3n) is 2.08. The van der Waals surface area contributed by atoms with E-state index in [9.17, 15) is 0 Å². The van der Waals surface area contributed by atoms with Gasteiger partial charge in [-0.15, -0.1) is 0 Å². The van der Waals surface area contributed by atoms with Crippen LogP contribution in [0.1, 0.15) is 0 Å². The fourth-order valence-electron chi connectivity index (χ4n) is 1.49. The molecule has 62 valence electrons. The first kappa shape index (κ1) is 6.60. The molecule has 3 heteroatoms. The van der Waals surface area contributed by atoms with Crippen molar-refractivity contribution >= 4 is 21.9 Å². The molecule has 0 atom stereocenters. The Kier molecular flexibility index (Phi) is 1.16. The predicted molar refractivity (Wildman–Crippen MR) is 49.3 cm³/mol. The Balaban J connectivity index is 2.64. The van der Waals surface area contributed by atoms with Crippen molar-refractivity contribution in [2.75, 3.05) is 0 Å². The number of nitrogens with zero attached hydrogens (tertiary/aromatic N) is 2. The van der Waals surface area contributed by atoms with Gasteiger partial charge in [-0.1, -0.05) is 0 Å². The minimum Gasteiger partial charge on any atom is -0.453 e. The summed E-state index contributed by atoms with van der Waals surface area (Å²) in [7, 11) is 0. The van der Waals surface area contributed by atoms with Gasteiger partial charge in [-0.05, 0) is 12.1 Å². The van der Waals surface area contributed by atoms with Crippen LogP contribution in [0.5, 0.6) is 0 Å². The normalized spacial score (nSPS) is 11.1. The van der Waals surface area contributed by atoms with E-state index in [1.807, 2.05) is 12.1 Å². The Morgan fingerprint density at radius 1 is 0.846 bits per heavy atom. The Labute approximate surface area is 74.0 Å². The summed E-state index contributed by atoms with van der Waals surface area (Å²) in [4.78, 5) is 7.99. The van der Waals surface area contributed by atoms with Gasteiger partial charge in [-0.3, -0.25) is 9.97 Å². The molecule has 3 aromatic rings. The zero-order chi connectivity index (χ0) is 8.67. The molecule has 0 unspecified atom stereocenters. The van der Waals surface area contributed by atoms with Crippen LogP contribution in [0, 0.1) is 0 Å². The first-order valence-electron chi connectivity index (χ1n) is 4.01. The average molecular weight is 170 g/mol. The van der Waals surface area contributed by atoms with E-state index < -0.39 is 0 Å². The first-order valence-corrected chi connectivity index (χ1v) is 4.01. The quantitative estimate of drug-likeness (QED) is 0.520. The summed E-state index contributed by atoms with van der Waals surface area (Å²) in [5, 5.41) is 2.18. The Bertz CT molecular complexity index is 521. The molecule has 0 N–H and O–H groups in total. The summed E-state index contributed by atoms with van der Waals surface area (Å²) in [6, 6.07) is 3.89. The highest BCUT2D eigenvalue weighted by atomic mass is 16.3. The van der Waals surface area contributed by atoms with Crippen LogP contribution >= 0.6 is 0 Å². The largest absolute Gasteiger partial charge is 0.453 e. The maximum absolute atomic E-state index is 5.53. The lowest BCUT2D eigenvalue weighted by Gasteiger charge is -1.84. The summed E-state index contributed by atoms with van der Waals surface area (Å²) in [5.74, 6) is 0. The van der Waals surface area contributed by atoms with Gasteiger partial charge in [0.2, 0.25) is 0 Å². The molecule has 0 bridgehead atoms. The SMILES string of the molecule is c1cc2c(cn1)oc1cnccc12. The molecule has 0 aliphatic heterocycles. The number of hydrogen-bond acceptors (Lipinski definition) is 3. The van der Waals surface area contributed by atoms with Crippen molar-refractivity contribution in [3.05, 3.63) is 36.9 Å². The van der Waals surface area contributed by atoms with Gasteiger partial charge in [0.25, 0.3) is 0 Å². The Morgan fingerprint density at radius 3 is 1.92 bits per heavy atom. The second-order valence-corrected chi connectivity index (χ2v) is 2.85. The lowest BCUT2D eigenvalue weighted by Crippen LogP contribution is -1.69. The maximum Gasteiger partial charge on any atom is 0.153 e. The summed E-state index contributed by atoms with van der Waals surface area (Å²) in [6.07, 6.45) is 6.96. The molecule has 0 radical (unpaired) electrons. The molecule has 3 rings (SSSR count). The molecular formula is C10H6N2O. The Hall–Kier alpha value is -1.90. The van der Waals surface area contributed by atoms with Crippen LogP contribution in [-0.2, 0) is 0 Å². The van der Waals surface area contributed by atoms with Crippen LogP contribution in [0.25, 0.3) is 21.9 Å². The molecule has 3 heterocycles. The van der Waals surface area contributed by atoms with E-state index in [2.05, 4.69) is 9.97 Å². The van der Waals surface area contributed by atoms with Crippen LogP contribution in [0.3, 0.4) is 0 Å². The number of aromatic nitrogens is 2. The smallest absolute Gasteiger partial charge is 0.153 e. The Morgan fingerprint density at radius 2 is 1.38 bits per heavy atom. The third-order valence-corrected chi connectivity index (χ3v) is 2.08. The number of rotatable bonds is 0. The van der Waals surface area contributed by atoms with Crippen LogP contribution in [0.4, 0.5) is 0 Å². The van der Waals surface area contributed by atoms with Crippen molar-refractivity contribution in [3.63, 3.8) is 0 Å². The van der Waals surface area contributed by atoms with E-state index in [4.69, 9.17) is 4.42 Å². The molecule has 0 saturated heterocycles. The second-order valence-electron chi connectivity index (χ2n) is 2.85. The van der Waals surface area contributed by atoms with E-state index in [0.29, 0.717) is 0 Å². The molecule has 3 nitrogen and oxygen atoms in total. The molecule has 0 saturated carbocycles. The maximum atomic E-state index is 5.53. The third kappa shape index (κ3) is 0.839. The van der Waals surface area contributed by atoms with Gasteiger partial charge in [0.15, 0.2) is 11.2 Å². The lowest BCUT2D eigenvalue weighted by molar-refractivity contribution is 0.665. The zero-order valence-corrected chi connectivity index (χ0v) is 6.77. The summed E-state index contributed by atoms with van der Waals surface area (Å²) in [6.45, 7) is 0. The number of pyridine rings is 2. The lowest BCUT2D eigenvalue weighted by atomic mass is 10.2. The van der Waals surface area contributed by atoms with E-state index in [0.717, 1.165) is 21.9 Å². The highest BCUT2D eigenvalue weighted by molar-refractivity contribution is 6.03. The van der Waals surface area contributed by atoms with Crippen molar-refractivity contribution in [2.45, 2.75) is 0 Å². The molecule has 0 aromatic carbocycles. The van der Waals surface area contributed by atoms with Gasteiger partial charge in [0.05, 0.1) is 12.4 Å². The van der Waals surface area contributed by atoms with Crippen molar-refractivity contribution in [1.29, 1.82) is 0 Å². The van der Waals surface area contributed by atoms with Crippen LogP contribution in [-0.4, -0.2) is 9.97 Å². The zero-order valence-electron chi connectivity index (χ0n) is 6.77. The number of hydrogen-bond donors (Lipinski definition) is 0. The van der Waals surface area contributed by atoms with E-state index >= 15 is 0 Å². The summed E-state index contributed by atoms with van der Waals surface area (Å²) >= 11 is 0. The standard InChI is InChI=1S/C10H6N2O/c1-3-11-5-9-7(1)8-2-4-12-6-10(8)13-9/h1-6H. The fraction of sp³-hybridized carbons (Fsp3) is 0. The fourth-order valence-corrected chi connectivity index (χ4v) is 1.49. The van der Waals surface area contributed by atoms with Crippen LogP contribution < -0.4 is 0 Å². The number of furan rings is 1. The predicted octanol–water partition coefficient (Wildman–Crippen LogP) is 2.38. The van der Waals surface area contributed by atoms with Gasteiger partial charge in [0, 0.05) is 23.2 Å². The molecule has 3 aromatic heterocycles. The van der Waals surface area contributed by atoms with Crippen molar-refractivity contribution in [2.24, 2.45) is 0 Å². The molecule has 0 aliphatic carbocycles. The average Bonchev–Trinajstić information content (AvgIpc) is 2.56. The molecule has 13 heavy (non-hydrogen) atoms. The van der Waals surface area contributed by atoms with Gasteiger partial charge >= 0.3 is 0 Å². The van der Waals surface area contributed by atoms with E-state index in [1.54, 1.807) is 24.8 Å². The van der Waals surface area contributed by atoms with Crippen LogP contribution in [0.2, 0.25) is 0 Å². The van der Waals surface area contributed by atoms with E-state index in [1.165, 1.54) is 0 Å². The molecule has 0 amide bonds. The van der Waals surface area contributed by atoms with Gasteiger partial charge in [0.1, 0.15) is 0 Å². The van der Waals surface area contributed by atoms with Crippen molar-refractivity contribution < 1.29 is 4.42 Å². The van der Waals surface area contributed by atoms with Crippen molar-refractivity contribution in [1.82, 2.24) is 9.97 Å². The second kappa shape index (κ2) is 2.29. The highest BCUT2D eigenvalue weighted by Crippen LogP contribution is 2.26. The highest BCUT2D eigenvalue weighted by Gasteiger charge is 2.04. The molecule has 0 spiro atoms. The summed E-state index contributed by atoms with van der Waals surface area (Å²) < 4.78 is 5.53. The van der Waals surface area contributed by atoms with Gasteiger partial charge in [-0.2, -0.15) is 0 Å². The van der Waals surface area contributed by atoms with E-state index in [-0.39, 0.29) is 0 Å². The number of fused-ring (bicyclic) bond motifs is 3. The van der Waals surface area contributed by atoms with Gasteiger partial charge < -0.3 is 4.42 Å². The molecule has 0 fully saturated rings. The van der Waals surface area contributed by atoms with Crippen molar-refractivity contribution in [3.8, 4) is 0 Å². The molecular weight excluding hydrogens is 164 g/mol.